The summed E-state index contributed by atoms with van der Waals surface area (Å²) in [7, 11) is 0. The Morgan fingerprint density at radius 3 is 2.32 bits per heavy atom. The smallest absolute Gasteiger partial charge is 0.332 e. The number of benzene rings is 2. The minimum absolute atomic E-state index is 0.390. The van der Waals surface area contributed by atoms with Crippen molar-refractivity contribution in [2.45, 2.75) is 0 Å². The Morgan fingerprint density at radius 2 is 1.73 bits per heavy atom. The summed E-state index contributed by atoms with van der Waals surface area (Å²) in [4.78, 5) is 11.3. The Bertz CT molecular complexity index is 701. The Labute approximate surface area is 147 Å². The van der Waals surface area contributed by atoms with E-state index < -0.39 is 6.03 Å². The Morgan fingerprint density at radius 1 is 1.09 bits per heavy atom. The number of urea groups is 1. The Hall–Kier alpha value is -2.00. The van der Waals surface area contributed by atoms with Gasteiger partial charge in [-0.05, 0) is 46.9 Å². The molecule has 0 unspecified atom stereocenters. The highest BCUT2D eigenvalue weighted by atomic mass is 127. The van der Waals surface area contributed by atoms with E-state index in [1.807, 2.05) is 54.6 Å². The van der Waals surface area contributed by atoms with Crippen molar-refractivity contribution in [2.24, 2.45) is 10.8 Å². The number of amides is 2. The number of nitrogens with two attached hydrogens (primary N) is 1. The van der Waals surface area contributed by atoms with Crippen molar-refractivity contribution in [3.05, 3.63) is 63.7 Å². The number of halogens is 1. The maximum Gasteiger partial charge on any atom is 0.332 e. The molecule has 22 heavy (non-hydrogen) atoms. The highest BCUT2D eigenvalue weighted by Gasteiger charge is 2.11. The molecule has 2 aromatic carbocycles. The first-order valence-corrected chi connectivity index (χ1v) is 7.80. The lowest BCUT2D eigenvalue weighted by atomic mass is 10.1. The molecule has 2 rings (SSSR count). The predicted octanol–water partition coefficient (Wildman–Crippen LogP) is 3.10. The quantitative estimate of drug-likeness (QED) is 0.306. The lowest BCUT2D eigenvalue weighted by Gasteiger charge is -2.11. The predicted molar refractivity (Wildman–Crippen MR) is 101 cm³/mol. The number of nitrogens with zero attached hydrogens (tertiary/aromatic N) is 1. The van der Waals surface area contributed by atoms with Gasteiger partial charge in [0.15, 0.2) is 0 Å². The zero-order valence-electron chi connectivity index (χ0n) is 11.4. The molecule has 0 saturated heterocycles. The summed E-state index contributed by atoms with van der Waals surface area (Å²) in [5, 5.41) is 7.09. The molecule has 0 radical (unpaired) electrons. The Kier molecular flexibility index (Phi) is 5.84. The molecular weight excluding hydrogens is 411 g/mol. The minimum atomic E-state index is -0.745. The molecule has 0 heterocycles. The van der Waals surface area contributed by atoms with Crippen LogP contribution in [0.15, 0.2) is 59.7 Å². The molecule has 0 aliphatic heterocycles. The first kappa shape index (κ1) is 16.4. The van der Waals surface area contributed by atoms with Crippen LogP contribution in [0.5, 0.6) is 0 Å². The molecule has 4 N–H and O–H groups in total. The van der Waals surface area contributed by atoms with Crippen LogP contribution in [0.3, 0.4) is 0 Å². The van der Waals surface area contributed by atoms with Crippen LogP contribution in [-0.4, -0.2) is 16.7 Å². The van der Waals surface area contributed by atoms with Crippen molar-refractivity contribution >= 4 is 57.2 Å². The van der Waals surface area contributed by atoms with Gasteiger partial charge in [0, 0.05) is 14.8 Å². The molecule has 0 fully saturated rings. The number of hydrogen-bond donors (Lipinski definition) is 3. The molecule has 0 aliphatic carbocycles. The van der Waals surface area contributed by atoms with E-state index in [1.54, 1.807) is 0 Å². The normalized spacial score (nSPS) is 10.9. The van der Waals surface area contributed by atoms with Gasteiger partial charge in [0.05, 0.1) is 0 Å². The molecule has 0 aromatic heterocycles. The van der Waals surface area contributed by atoms with Gasteiger partial charge in [0.2, 0.25) is 0 Å². The molecule has 0 bridgehead atoms. The number of rotatable bonds is 4. The zero-order chi connectivity index (χ0) is 15.9. The first-order valence-electron chi connectivity index (χ1n) is 6.32. The minimum Gasteiger partial charge on any atom is -0.350 e. The molecule has 112 valence electrons. The molecule has 0 aliphatic rings. The SMILES string of the molecule is NC(=O)NN=C(C(=S)Nc1ccc(I)cc1)c1ccccc1. The number of nitrogens with one attached hydrogen (secondary N) is 2. The summed E-state index contributed by atoms with van der Waals surface area (Å²) in [6, 6.07) is 16.3. The van der Waals surface area contributed by atoms with Gasteiger partial charge >= 0.3 is 6.03 Å². The lowest BCUT2D eigenvalue weighted by molar-refractivity contribution is 0.249. The van der Waals surface area contributed by atoms with Gasteiger partial charge in [-0.25, -0.2) is 10.2 Å². The summed E-state index contributed by atoms with van der Waals surface area (Å²) < 4.78 is 1.13. The van der Waals surface area contributed by atoms with E-state index in [1.165, 1.54) is 0 Å². The second-order valence-corrected chi connectivity index (χ2v) is 5.92. The van der Waals surface area contributed by atoms with Crippen LogP contribution in [0, 0.1) is 3.57 Å². The number of primary amides is 1. The molecule has 0 spiro atoms. The van der Waals surface area contributed by atoms with Crippen molar-refractivity contribution in [3.63, 3.8) is 0 Å². The highest BCUT2D eigenvalue weighted by molar-refractivity contribution is 14.1. The average molecular weight is 424 g/mol. The molecule has 0 saturated carbocycles. The van der Waals surface area contributed by atoms with Crippen LogP contribution < -0.4 is 16.5 Å². The van der Waals surface area contributed by atoms with E-state index >= 15 is 0 Å². The van der Waals surface area contributed by atoms with E-state index in [0.717, 1.165) is 14.8 Å². The van der Waals surface area contributed by atoms with Crippen molar-refractivity contribution in [2.75, 3.05) is 5.32 Å². The van der Waals surface area contributed by atoms with Crippen molar-refractivity contribution in [3.8, 4) is 0 Å². The van der Waals surface area contributed by atoms with Crippen LogP contribution in [-0.2, 0) is 0 Å². The molecule has 2 aromatic rings. The standard InChI is InChI=1S/C15H13IN4OS/c16-11-6-8-12(9-7-11)18-14(22)13(19-20-15(17)21)10-4-2-1-3-5-10/h1-9H,(H,18,22)(H3,17,20,21). The van der Waals surface area contributed by atoms with Gasteiger partial charge in [-0.2, -0.15) is 5.10 Å². The van der Waals surface area contributed by atoms with E-state index in [9.17, 15) is 4.79 Å². The maximum atomic E-state index is 10.9. The van der Waals surface area contributed by atoms with Crippen molar-refractivity contribution < 1.29 is 4.79 Å². The van der Waals surface area contributed by atoms with Crippen molar-refractivity contribution in [1.29, 1.82) is 0 Å². The van der Waals surface area contributed by atoms with E-state index in [4.69, 9.17) is 18.0 Å². The van der Waals surface area contributed by atoms with Gasteiger partial charge in [0.25, 0.3) is 0 Å². The molecule has 0 atom stereocenters. The summed E-state index contributed by atoms with van der Waals surface area (Å²) in [5.41, 5.74) is 9.34. The number of hydrazone groups is 1. The monoisotopic (exact) mass is 424 g/mol. The second kappa shape index (κ2) is 7.85. The van der Waals surface area contributed by atoms with E-state index in [-0.39, 0.29) is 0 Å². The first-order chi connectivity index (χ1) is 10.6. The van der Waals surface area contributed by atoms with Crippen LogP contribution in [0.4, 0.5) is 10.5 Å². The van der Waals surface area contributed by atoms with Gasteiger partial charge < -0.3 is 11.1 Å². The third-order valence-electron chi connectivity index (χ3n) is 2.64. The lowest BCUT2D eigenvalue weighted by Crippen LogP contribution is -2.30. The molecular formula is C15H13IN4OS. The third-order valence-corrected chi connectivity index (χ3v) is 3.66. The molecule has 5 nitrogen and oxygen atoms in total. The van der Waals surface area contributed by atoms with E-state index in [0.29, 0.717) is 10.7 Å². The number of carbonyl (C=O) groups is 1. The summed E-state index contributed by atoms with van der Waals surface area (Å²) in [5.74, 6) is 0. The fourth-order valence-electron chi connectivity index (χ4n) is 1.68. The summed E-state index contributed by atoms with van der Waals surface area (Å²) >= 11 is 7.62. The highest BCUT2D eigenvalue weighted by Crippen LogP contribution is 2.12. The third kappa shape index (κ3) is 4.78. The van der Waals surface area contributed by atoms with Gasteiger partial charge in [-0.1, -0.05) is 42.5 Å². The van der Waals surface area contributed by atoms with E-state index in [2.05, 4.69) is 38.4 Å². The number of carbonyl (C=O) groups excluding carboxylic acids is 1. The average Bonchev–Trinajstić information content (AvgIpc) is 2.50. The van der Waals surface area contributed by atoms with Crippen molar-refractivity contribution in [1.82, 2.24) is 5.43 Å². The van der Waals surface area contributed by atoms with Crippen LogP contribution in [0.25, 0.3) is 0 Å². The molecule has 7 heteroatoms. The van der Waals surface area contributed by atoms with Gasteiger partial charge in [-0.15, -0.1) is 0 Å². The fourth-order valence-corrected chi connectivity index (χ4v) is 2.32. The number of thiocarbonyl (C=S) groups is 1. The Balaban J connectivity index is 2.24. The largest absolute Gasteiger partial charge is 0.350 e. The number of hydrogen-bond acceptors (Lipinski definition) is 3. The van der Waals surface area contributed by atoms with Crippen LogP contribution >= 0.6 is 34.8 Å². The maximum absolute atomic E-state index is 10.9. The fraction of sp³-hybridized carbons (Fsp3) is 0. The topological polar surface area (TPSA) is 79.5 Å². The van der Waals surface area contributed by atoms with Crippen LogP contribution in [0.2, 0.25) is 0 Å². The second-order valence-electron chi connectivity index (χ2n) is 4.26. The zero-order valence-corrected chi connectivity index (χ0v) is 14.4. The number of anilines is 1. The van der Waals surface area contributed by atoms with Gasteiger partial charge in [-0.3, -0.25) is 0 Å². The van der Waals surface area contributed by atoms with Crippen LogP contribution in [0.1, 0.15) is 5.56 Å². The molecule has 2 amide bonds. The summed E-state index contributed by atoms with van der Waals surface area (Å²) in [6.07, 6.45) is 0. The van der Waals surface area contributed by atoms with Gasteiger partial charge in [0.1, 0.15) is 10.7 Å². The summed E-state index contributed by atoms with van der Waals surface area (Å²) in [6.45, 7) is 0.